The summed E-state index contributed by atoms with van der Waals surface area (Å²) in [5, 5.41) is 7.22. The molecular weight excluding hydrogens is 254 g/mol. The molecule has 2 aromatic heterocycles. The van der Waals surface area contributed by atoms with E-state index in [4.69, 9.17) is 0 Å². The Kier molecular flexibility index (Phi) is 3.62. The van der Waals surface area contributed by atoms with Gasteiger partial charge in [0, 0.05) is 18.9 Å². The molecule has 1 saturated carbocycles. The fourth-order valence-corrected chi connectivity index (χ4v) is 2.83. The third-order valence-corrected chi connectivity index (χ3v) is 3.87. The van der Waals surface area contributed by atoms with Gasteiger partial charge in [-0.2, -0.15) is 4.98 Å². The first-order valence-electron chi connectivity index (χ1n) is 7.13. The Hall–Kier alpha value is -1.98. The summed E-state index contributed by atoms with van der Waals surface area (Å²) in [6.07, 6.45) is 7.37. The molecule has 1 amide bonds. The van der Waals surface area contributed by atoms with Crippen molar-refractivity contribution in [1.29, 1.82) is 0 Å². The van der Waals surface area contributed by atoms with Gasteiger partial charge in [-0.1, -0.05) is 13.3 Å². The van der Waals surface area contributed by atoms with Gasteiger partial charge in [0.25, 0.3) is 5.78 Å². The summed E-state index contributed by atoms with van der Waals surface area (Å²) in [6.45, 7) is 3.05. The van der Waals surface area contributed by atoms with Crippen LogP contribution in [-0.4, -0.2) is 32.0 Å². The third-order valence-electron chi connectivity index (χ3n) is 3.87. The molecule has 3 rings (SSSR count). The van der Waals surface area contributed by atoms with Crippen molar-refractivity contribution in [3.05, 3.63) is 24.3 Å². The minimum Gasteiger partial charge on any atom is -0.355 e. The van der Waals surface area contributed by atoms with Crippen molar-refractivity contribution in [3.8, 4) is 0 Å². The van der Waals surface area contributed by atoms with E-state index in [9.17, 15) is 4.79 Å². The van der Waals surface area contributed by atoms with Gasteiger partial charge in [0.1, 0.15) is 0 Å². The second-order valence-corrected chi connectivity index (χ2v) is 5.66. The quantitative estimate of drug-likeness (QED) is 0.909. The minimum atomic E-state index is -0.0135. The molecule has 1 aliphatic carbocycles. The van der Waals surface area contributed by atoms with Crippen LogP contribution in [0, 0.1) is 11.8 Å². The Bertz CT molecular complexity index is 575. The Labute approximate surface area is 117 Å². The number of nitrogens with one attached hydrogen (secondary N) is 1. The van der Waals surface area contributed by atoms with Gasteiger partial charge in [0.15, 0.2) is 5.82 Å². The summed E-state index contributed by atoms with van der Waals surface area (Å²) in [4.78, 5) is 20.2. The average molecular weight is 273 g/mol. The maximum atomic E-state index is 11.9. The van der Waals surface area contributed by atoms with Crippen LogP contribution in [0.15, 0.2) is 18.5 Å². The summed E-state index contributed by atoms with van der Waals surface area (Å²) in [7, 11) is 0. The molecule has 20 heavy (non-hydrogen) atoms. The number of amides is 1. The molecule has 2 unspecified atom stereocenters. The van der Waals surface area contributed by atoms with Gasteiger partial charge >= 0.3 is 0 Å². The zero-order valence-electron chi connectivity index (χ0n) is 11.6. The molecule has 0 aliphatic heterocycles. The minimum absolute atomic E-state index is 0.0135. The molecule has 106 valence electrons. The van der Waals surface area contributed by atoms with Crippen LogP contribution in [0.2, 0.25) is 0 Å². The zero-order chi connectivity index (χ0) is 13.9. The lowest BCUT2D eigenvalue weighted by Crippen LogP contribution is -2.30. The average Bonchev–Trinajstić information content (AvgIpc) is 3.01. The van der Waals surface area contributed by atoms with Gasteiger partial charge in [0.05, 0.1) is 6.42 Å². The molecular formula is C14H19N5O. The van der Waals surface area contributed by atoms with E-state index in [1.54, 1.807) is 23.0 Å². The van der Waals surface area contributed by atoms with Crippen LogP contribution in [0.4, 0.5) is 0 Å². The third kappa shape index (κ3) is 2.95. The summed E-state index contributed by atoms with van der Waals surface area (Å²) < 4.78 is 1.58. The maximum absolute atomic E-state index is 11.9. The lowest BCUT2D eigenvalue weighted by Gasteiger charge is -2.10. The molecule has 1 fully saturated rings. The molecule has 6 heteroatoms. The summed E-state index contributed by atoms with van der Waals surface area (Å²) in [6, 6.07) is 1.78. The highest BCUT2D eigenvalue weighted by Crippen LogP contribution is 2.29. The first-order chi connectivity index (χ1) is 9.70. The topological polar surface area (TPSA) is 72.2 Å². The van der Waals surface area contributed by atoms with Crippen molar-refractivity contribution in [2.24, 2.45) is 11.8 Å². The Morgan fingerprint density at radius 2 is 2.40 bits per heavy atom. The maximum Gasteiger partial charge on any atom is 0.252 e. The molecule has 0 bridgehead atoms. The van der Waals surface area contributed by atoms with Gasteiger partial charge in [-0.3, -0.25) is 4.79 Å². The summed E-state index contributed by atoms with van der Waals surface area (Å²) in [5.74, 6) is 2.45. The van der Waals surface area contributed by atoms with Crippen LogP contribution >= 0.6 is 0 Å². The molecule has 0 radical (unpaired) electrons. The molecule has 1 N–H and O–H groups in total. The number of fused-ring (bicyclic) bond motifs is 1. The van der Waals surface area contributed by atoms with Crippen molar-refractivity contribution in [2.45, 2.75) is 32.6 Å². The molecule has 2 atom stereocenters. The van der Waals surface area contributed by atoms with Crippen molar-refractivity contribution in [1.82, 2.24) is 24.9 Å². The Morgan fingerprint density at radius 1 is 1.50 bits per heavy atom. The number of hydrogen-bond donors (Lipinski definition) is 1. The SMILES string of the molecule is CC1CCC(CNC(=O)Cc2nc3ncccn3n2)C1. The van der Waals surface area contributed by atoms with E-state index in [1.165, 1.54) is 19.3 Å². The highest BCUT2D eigenvalue weighted by Gasteiger charge is 2.21. The van der Waals surface area contributed by atoms with Crippen LogP contribution in [0.3, 0.4) is 0 Å². The van der Waals surface area contributed by atoms with Crippen LogP contribution in [-0.2, 0) is 11.2 Å². The zero-order valence-corrected chi connectivity index (χ0v) is 11.6. The van der Waals surface area contributed by atoms with E-state index < -0.39 is 0 Å². The largest absolute Gasteiger partial charge is 0.355 e. The summed E-state index contributed by atoms with van der Waals surface area (Å²) in [5.41, 5.74) is 0. The highest BCUT2D eigenvalue weighted by atomic mass is 16.1. The van der Waals surface area contributed by atoms with Gasteiger partial charge in [-0.25, -0.2) is 9.50 Å². The van der Waals surface area contributed by atoms with Crippen molar-refractivity contribution in [3.63, 3.8) is 0 Å². The molecule has 2 aromatic rings. The van der Waals surface area contributed by atoms with Crippen molar-refractivity contribution in [2.75, 3.05) is 6.54 Å². The lowest BCUT2D eigenvalue weighted by molar-refractivity contribution is -0.120. The monoisotopic (exact) mass is 273 g/mol. The first kappa shape index (κ1) is 13.0. The second kappa shape index (κ2) is 5.56. The molecule has 2 heterocycles. The lowest BCUT2D eigenvalue weighted by atomic mass is 10.1. The van der Waals surface area contributed by atoms with E-state index in [2.05, 4.69) is 27.3 Å². The normalized spacial score (nSPS) is 22.2. The first-order valence-corrected chi connectivity index (χ1v) is 7.13. The van der Waals surface area contributed by atoms with Crippen LogP contribution in [0.5, 0.6) is 0 Å². The Balaban J connectivity index is 1.53. The number of rotatable bonds is 4. The number of nitrogens with zero attached hydrogens (tertiary/aromatic N) is 4. The van der Waals surface area contributed by atoms with Gasteiger partial charge in [0.2, 0.25) is 5.91 Å². The van der Waals surface area contributed by atoms with Crippen LogP contribution in [0.1, 0.15) is 32.0 Å². The standard InChI is InChI=1S/C14H19N5O/c1-10-3-4-11(7-10)9-16-13(20)8-12-17-14-15-5-2-6-19(14)18-12/h2,5-6,10-11H,3-4,7-9H2,1H3,(H,16,20). The second-order valence-electron chi connectivity index (χ2n) is 5.66. The number of carbonyl (C=O) groups is 1. The van der Waals surface area contributed by atoms with E-state index >= 15 is 0 Å². The molecule has 0 saturated heterocycles. The molecule has 0 aromatic carbocycles. The van der Waals surface area contributed by atoms with E-state index in [0.717, 1.165) is 12.5 Å². The fourth-order valence-electron chi connectivity index (χ4n) is 2.83. The van der Waals surface area contributed by atoms with Gasteiger partial charge in [-0.15, -0.1) is 5.10 Å². The number of aromatic nitrogens is 4. The molecule has 1 aliphatic rings. The van der Waals surface area contributed by atoms with E-state index in [1.807, 2.05) is 0 Å². The van der Waals surface area contributed by atoms with E-state index in [0.29, 0.717) is 17.5 Å². The van der Waals surface area contributed by atoms with Crippen LogP contribution < -0.4 is 5.32 Å². The van der Waals surface area contributed by atoms with Crippen molar-refractivity contribution >= 4 is 11.7 Å². The fraction of sp³-hybridized carbons (Fsp3) is 0.571. The smallest absolute Gasteiger partial charge is 0.252 e. The number of carbonyl (C=O) groups excluding carboxylic acids is 1. The van der Waals surface area contributed by atoms with Crippen LogP contribution in [0.25, 0.3) is 5.78 Å². The van der Waals surface area contributed by atoms with Gasteiger partial charge < -0.3 is 5.32 Å². The van der Waals surface area contributed by atoms with E-state index in [-0.39, 0.29) is 12.3 Å². The predicted octanol–water partition coefficient (Wildman–Crippen LogP) is 1.22. The molecule has 6 nitrogen and oxygen atoms in total. The van der Waals surface area contributed by atoms with Gasteiger partial charge in [-0.05, 0) is 30.7 Å². The predicted molar refractivity (Wildman–Crippen MR) is 74.0 cm³/mol. The summed E-state index contributed by atoms with van der Waals surface area (Å²) >= 11 is 0. The van der Waals surface area contributed by atoms with Crippen molar-refractivity contribution < 1.29 is 4.79 Å². The Morgan fingerprint density at radius 3 is 3.15 bits per heavy atom. The molecule has 0 spiro atoms. The number of hydrogen-bond acceptors (Lipinski definition) is 4. The highest BCUT2D eigenvalue weighted by molar-refractivity contribution is 5.77.